The maximum absolute atomic E-state index is 11.1. The van der Waals surface area contributed by atoms with Crippen LogP contribution in [0.1, 0.15) is 10.4 Å². The van der Waals surface area contributed by atoms with Gasteiger partial charge in [0.15, 0.2) is 0 Å². The number of carboxylic acid groups (broad SMARTS) is 1. The predicted molar refractivity (Wildman–Crippen MR) is 69.3 cm³/mol. The summed E-state index contributed by atoms with van der Waals surface area (Å²) >= 11 is 0. The highest BCUT2D eigenvalue weighted by Gasteiger charge is 2.12. The highest BCUT2D eigenvalue weighted by molar-refractivity contribution is 5.95. The Morgan fingerprint density at radius 2 is 1.89 bits per heavy atom. The van der Waals surface area contributed by atoms with E-state index < -0.39 is 5.97 Å². The monoisotopic (exact) mass is 254 g/mol. The summed E-state index contributed by atoms with van der Waals surface area (Å²) < 4.78 is 1.72. The van der Waals surface area contributed by atoms with Gasteiger partial charge in [-0.25, -0.2) is 9.78 Å². The Labute approximate surface area is 108 Å². The lowest BCUT2D eigenvalue weighted by Gasteiger charge is -2.03. The number of imidazole rings is 1. The molecule has 2 aromatic heterocycles. The SMILES string of the molecule is O=C(O)c1cccn2c(-c3ccc(O)cc3)ncc12. The third-order valence-corrected chi connectivity index (χ3v) is 2.93. The Hall–Kier alpha value is -2.82. The van der Waals surface area contributed by atoms with E-state index in [1.807, 2.05) is 0 Å². The minimum atomic E-state index is -0.984. The lowest BCUT2D eigenvalue weighted by molar-refractivity contribution is 0.0698. The minimum Gasteiger partial charge on any atom is -0.508 e. The number of hydrogen-bond donors (Lipinski definition) is 2. The van der Waals surface area contributed by atoms with Gasteiger partial charge in [-0.05, 0) is 36.4 Å². The zero-order valence-corrected chi connectivity index (χ0v) is 9.82. The Bertz CT molecular complexity index is 760. The van der Waals surface area contributed by atoms with Gasteiger partial charge in [0.2, 0.25) is 0 Å². The van der Waals surface area contributed by atoms with Gasteiger partial charge in [0.25, 0.3) is 0 Å². The standard InChI is InChI=1S/C14H10N2O3/c17-10-5-3-9(4-6-10)13-15-8-12-11(14(18)19)2-1-7-16(12)13/h1-8,17H,(H,18,19). The fourth-order valence-corrected chi connectivity index (χ4v) is 2.03. The molecule has 5 heteroatoms. The number of carbonyl (C=O) groups is 1. The van der Waals surface area contributed by atoms with E-state index in [-0.39, 0.29) is 11.3 Å². The third-order valence-electron chi connectivity index (χ3n) is 2.93. The fraction of sp³-hybridized carbons (Fsp3) is 0. The molecule has 0 atom stereocenters. The Morgan fingerprint density at radius 3 is 2.58 bits per heavy atom. The molecular formula is C14H10N2O3. The number of carboxylic acids is 1. The molecule has 0 amide bonds. The van der Waals surface area contributed by atoms with Crippen LogP contribution < -0.4 is 0 Å². The number of hydrogen-bond acceptors (Lipinski definition) is 3. The molecule has 2 N–H and O–H groups in total. The zero-order valence-electron chi connectivity index (χ0n) is 9.82. The number of phenolic OH excluding ortho intramolecular Hbond substituents is 1. The minimum absolute atomic E-state index is 0.177. The number of rotatable bonds is 2. The number of aromatic hydroxyl groups is 1. The second-order valence-electron chi connectivity index (χ2n) is 4.11. The Kier molecular flexibility index (Phi) is 2.45. The van der Waals surface area contributed by atoms with Crippen molar-refractivity contribution in [3.05, 3.63) is 54.4 Å². The van der Waals surface area contributed by atoms with E-state index in [0.29, 0.717) is 11.3 Å². The summed E-state index contributed by atoms with van der Waals surface area (Å²) in [4.78, 5) is 15.4. The smallest absolute Gasteiger partial charge is 0.337 e. The van der Waals surface area contributed by atoms with Gasteiger partial charge in [-0.2, -0.15) is 0 Å². The van der Waals surface area contributed by atoms with Crippen LogP contribution in [0.5, 0.6) is 5.75 Å². The first-order chi connectivity index (χ1) is 9.16. The maximum atomic E-state index is 11.1. The molecule has 0 aliphatic heterocycles. The first-order valence-electron chi connectivity index (χ1n) is 5.65. The van der Waals surface area contributed by atoms with Gasteiger partial charge >= 0.3 is 5.97 Å². The number of benzene rings is 1. The van der Waals surface area contributed by atoms with Gasteiger partial charge < -0.3 is 10.2 Å². The summed E-state index contributed by atoms with van der Waals surface area (Å²) in [6.45, 7) is 0. The fourth-order valence-electron chi connectivity index (χ4n) is 2.03. The molecule has 19 heavy (non-hydrogen) atoms. The molecule has 0 saturated heterocycles. The molecule has 1 aromatic carbocycles. The van der Waals surface area contributed by atoms with Gasteiger partial charge in [-0.3, -0.25) is 4.40 Å². The quantitative estimate of drug-likeness (QED) is 0.736. The van der Waals surface area contributed by atoms with E-state index in [2.05, 4.69) is 4.98 Å². The maximum Gasteiger partial charge on any atom is 0.337 e. The number of aromatic nitrogens is 2. The van der Waals surface area contributed by atoms with Crippen LogP contribution in [0.15, 0.2) is 48.8 Å². The van der Waals surface area contributed by atoms with Gasteiger partial charge in [-0.1, -0.05) is 0 Å². The van der Waals surface area contributed by atoms with Gasteiger partial charge in [-0.15, -0.1) is 0 Å². The van der Waals surface area contributed by atoms with E-state index in [1.165, 1.54) is 6.20 Å². The van der Waals surface area contributed by atoms with Crippen LogP contribution in [-0.4, -0.2) is 25.6 Å². The van der Waals surface area contributed by atoms with Gasteiger partial charge in [0, 0.05) is 11.8 Å². The highest BCUT2D eigenvalue weighted by Crippen LogP contribution is 2.23. The zero-order chi connectivity index (χ0) is 13.4. The van der Waals surface area contributed by atoms with Crippen molar-refractivity contribution in [1.82, 2.24) is 9.38 Å². The summed E-state index contributed by atoms with van der Waals surface area (Å²) in [7, 11) is 0. The summed E-state index contributed by atoms with van der Waals surface area (Å²) in [5, 5.41) is 18.4. The first kappa shape index (κ1) is 11.3. The van der Waals surface area contributed by atoms with Crippen molar-refractivity contribution in [2.75, 3.05) is 0 Å². The molecular weight excluding hydrogens is 244 g/mol. The molecule has 3 aromatic rings. The van der Waals surface area contributed by atoms with Crippen molar-refractivity contribution in [3.8, 4) is 17.1 Å². The number of pyridine rings is 1. The largest absolute Gasteiger partial charge is 0.508 e. The normalized spacial score (nSPS) is 10.7. The molecule has 0 radical (unpaired) electrons. The van der Waals surface area contributed by atoms with Gasteiger partial charge in [0.05, 0.1) is 17.3 Å². The van der Waals surface area contributed by atoms with E-state index in [9.17, 15) is 9.90 Å². The highest BCUT2D eigenvalue weighted by atomic mass is 16.4. The average molecular weight is 254 g/mol. The summed E-state index contributed by atoms with van der Waals surface area (Å²) in [6, 6.07) is 9.81. The number of phenols is 1. The van der Waals surface area contributed by atoms with E-state index in [0.717, 1.165) is 5.56 Å². The van der Waals surface area contributed by atoms with Crippen LogP contribution in [0, 0.1) is 0 Å². The number of aromatic carboxylic acids is 1. The number of nitrogens with zero attached hydrogens (tertiary/aromatic N) is 2. The summed E-state index contributed by atoms with van der Waals surface area (Å²) in [5.74, 6) is -0.170. The van der Waals surface area contributed by atoms with Crippen molar-refractivity contribution < 1.29 is 15.0 Å². The van der Waals surface area contributed by atoms with Gasteiger partial charge in [0.1, 0.15) is 11.6 Å². The van der Waals surface area contributed by atoms with Crippen molar-refractivity contribution in [1.29, 1.82) is 0 Å². The van der Waals surface area contributed by atoms with Crippen molar-refractivity contribution >= 4 is 11.5 Å². The molecule has 0 spiro atoms. The second kappa shape index (κ2) is 4.13. The van der Waals surface area contributed by atoms with Crippen LogP contribution >= 0.6 is 0 Å². The lowest BCUT2D eigenvalue weighted by Crippen LogP contribution is -1.99. The molecule has 2 heterocycles. The Balaban J connectivity index is 2.24. The number of fused-ring (bicyclic) bond motifs is 1. The Morgan fingerprint density at radius 1 is 1.16 bits per heavy atom. The van der Waals surface area contributed by atoms with Crippen LogP contribution in [0.3, 0.4) is 0 Å². The average Bonchev–Trinajstić information content (AvgIpc) is 2.83. The third kappa shape index (κ3) is 1.81. The van der Waals surface area contributed by atoms with Crippen molar-refractivity contribution in [3.63, 3.8) is 0 Å². The van der Waals surface area contributed by atoms with Crippen molar-refractivity contribution in [2.24, 2.45) is 0 Å². The summed E-state index contributed by atoms with van der Waals surface area (Å²) in [5.41, 5.74) is 1.55. The molecule has 3 rings (SSSR count). The molecule has 0 aliphatic rings. The topological polar surface area (TPSA) is 74.8 Å². The second-order valence-corrected chi connectivity index (χ2v) is 4.11. The molecule has 0 unspecified atom stereocenters. The molecule has 0 saturated carbocycles. The van der Waals surface area contributed by atoms with E-state index >= 15 is 0 Å². The molecule has 0 aliphatic carbocycles. The summed E-state index contributed by atoms with van der Waals surface area (Å²) in [6.07, 6.45) is 3.29. The van der Waals surface area contributed by atoms with Crippen LogP contribution in [0.2, 0.25) is 0 Å². The first-order valence-corrected chi connectivity index (χ1v) is 5.65. The van der Waals surface area contributed by atoms with Crippen LogP contribution in [0.4, 0.5) is 0 Å². The molecule has 0 fully saturated rings. The van der Waals surface area contributed by atoms with Crippen LogP contribution in [-0.2, 0) is 0 Å². The molecule has 94 valence electrons. The van der Waals surface area contributed by atoms with Crippen LogP contribution in [0.25, 0.3) is 16.9 Å². The molecule has 0 bridgehead atoms. The predicted octanol–water partition coefficient (Wildman–Crippen LogP) is 2.41. The molecule has 5 nitrogen and oxygen atoms in total. The van der Waals surface area contributed by atoms with E-state index in [4.69, 9.17) is 5.11 Å². The van der Waals surface area contributed by atoms with Crippen molar-refractivity contribution in [2.45, 2.75) is 0 Å². The van der Waals surface area contributed by atoms with E-state index in [1.54, 1.807) is 47.0 Å². The lowest BCUT2D eigenvalue weighted by atomic mass is 10.2.